The predicted octanol–water partition coefficient (Wildman–Crippen LogP) is 1.67. The van der Waals surface area contributed by atoms with Crippen molar-refractivity contribution >= 4 is 34.4 Å². The third-order valence-corrected chi connectivity index (χ3v) is 6.35. The lowest BCUT2D eigenvalue weighted by Crippen LogP contribution is -2.75. The Morgan fingerprint density at radius 3 is 2.53 bits per heavy atom. The molecular formula is C24H32N6O4. The number of hydrazine groups is 1. The second-order valence-electron chi connectivity index (χ2n) is 9.81. The molecule has 0 bridgehead atoms. The molecule has 1 aromatic heterocycles. The van der Waals surface area contributed by atoms with Crippen molar-refractivity contribution in [3.05, 3.63) is 29.6 Å². The maximum absolute atomic E-state index is 12.7. The molecule has 1 aliphatic heterocycles. The Balaban J connectivity index is 1.61. The van der Waals surface area contributed by atoms with E-state index in [1.807, 2.05) is 39.0 Å². The summed E-state index contributed by atoms with van der Waals surface area (Å²) >= 11 is 0. The Kier molecular flexibility index (Phi) is 6.55. The molecule has 0 radical (unpaired) electrons. The van der Waals surface area contributed by atoms with Crippen LogP contribution in [0.25, 0.3) is 10.9 Å². The van der Waals surface area contributed by atoms with Gasteiger partial charge in [0.25, 0.3) is 17.7 Å². The third kappa shape index (κ3) is 4.60. The second kappa shape index (κ2) is 9.27. The number of hydrogen-bond acceptors (Lipinski definition) is 8. The highest BCUT2D eigenvalue weighted by molar-refractivity contribution is 6.23. The zero-order chi connectivity index (χ0) is 24.6. The summed E-state index contributed by atoms with van der Waals surface area (Å²) in [6.45, 7) is 7.73. The van der Waals surface area contributed by atoms with E-state index in [1.54, 1.807) is 0 Å². The standard InChI is InChI=1S/C24H32N6O4/c1-13(2)12-25-21(31)20-26-16-10-9-14(3)11-15(16)19(28-20)27-17-7-5-6-8-18(17)29-30-22(32)24(4,34)23(30)33/h9-11,13,17-18,29,34H,5-8,12H2,1-4H3,(H,25,31)(H,26,27,28)/t17-,18+/m0/s1. The van der Waals surface area contributed by atoms with Crippen LogP contribution in [0.2, 0.25) is 0 Å². The largest absolute Gasteiger partial charge is 0.372 e. The van der Waals surface area contributed by atoms with E-state index in [9.17, 15) is 19.5 Å². The Hall–Kier alpha value is -3.11. The minimum Gasteiger partial charge on any atom is -0.372 e. The van der Waals surface area contributed by atoms with Gasteiger partial charge in [-0.25, -0.2) is 20.4 Å². The molecule has 3 amide bonds. The minimum atomic E-state index is -1.97. The molecule has 0 spiro atoms. The normalized spacial score (nSPS) is 22.1. The summed E-state index contributed by atoms with van der Waals surface area (Å²) in [5, 5.41) is 17.9. The van der Waals surface area contributed by atoms with Gasteiger partial charge in [0.1, 0.15) is 5.82 Å². The van der Waals surface area contributed by atoms with Gasteiger partial charge in [-0.05, 0) is 44.7 Å². The molecule has 4 rings (SSSR count). The van der Waals surface area contributed by atoms with E-state index < -0.39 is 17.4 Å². The van der Waals surface area contributed by atoms with Crippen molar-refractivity contribution in [2.75, 3.05) is 11.9 Å². The summed E-state index contributed by atoms with van der Waals surface area (Å²) < 4.78 is 0. The molecule has 1 saturated heterocycles. The molecule has 2 heterocycles. The molecule has 1 aliphatic carbocycles. The highest BCUT2D eigenvalue weighted by Crippen LogP contribution is 2.29. The summed E-state index contributed by atoms with van der Waals surface area (Å²) in [4.78, 5) is 46.1. The molecule has 10 heteroatoms. The van der Waals surface area contributed by atoms with Gasteiger partial charge in [0.15, 0.2) is 0 Å². The number of aryl methyl sites for hydroxylation is 1. The maximum atomic E-state index is 12.7. The third-order valence-electron chi connectivity index (χ3n) is 6.35. The van der Waals surface area contributed by atoms with Crippen molar-refractivity contribution in [1.82, 2.24) is 25.7 Å². The average molecular weight is 469 g/mol. The lowest BCUT2D eigenvalue weighted by atomic mass is 9.89. The number of rotatable bonds is 7. The molecule has 34 heavy (non-hydrogen) atoms. The fourth-order valence-electron chi connectivity index (χ4n) is 4.31. The van der Waals surface area contributed by atoms with E-state index in [1.165, 1.54) is 6.92 Å². The van der Waals surface area contributed by atoms with Gasteiger partial charge < -0.3 is 15.7 Å². The lowest BCUT2D eigenvalue weighted by molar-refractivity contribution is -0.192. The van der Waals surface area contributed by atoms with Crippen LogP contribution in [0.4, 0.5) is 5.82 Å². The average Bonchev–Trinajstić information content (AvgIpc) is 2.81. The van der Waals surface area contributed by atoms with Crippen LogP contribution < -0.4 is 16.1 Å². The fourth-order valence-corrected chi connectivity index (χ4v) is 4.31. The quantitative estimate of drug-likeness (QED) is 0.356. The van der Waals surface area contributed by atoms with E-state index in [0.29, 0.717) is 23.8 Å². The molecule has 2 fully saturated rings. The molecular weight excluding hydrogens is 436 g/mol. The van der Waals surface area contributed by atoms with Gasteiger partial charge in [0, 0.05) is 24.0 Å². The first-order valence-corrected chi connectivity index (χ1v) is 11.8. The number of fused-ring (bicyclic) bond motifs is 1. The number of carbonyl (C=O) groups excluding carboxylic acids is 3. The number of imide groups is 1. The summed E-state index contributed by atoms with van der Waals surface area (Å²) in [6, 6.07) is 5.40. The number of β-lactam (4-membered cyclic amide) rings is 2. The maximum Gasteiger partial charge on any atom is 0.289 e. The molecule has 2 aliphatic rings. The number of nitrogens with zero attached hydrogens (tertiary/aromatic N) is 3. The first-order valence-electron chi connectivity index (χ1n) is 11.8. The first kappa shape index (κ1) is 24.0. The van der Waals surface area contributed by atoms with Crippen LogP contribution in [-0.4, -0.2) is 62.0 Å². The van der Waals surface area contributed by atoms with E-state index in [0.717, 1.165) is 41.6 Å². The smallest absolute Gasteiger partial charge is 0.289 e. The monoisotopic (exact) mass is 468 g/mol. The fraction of sp³-hybridized carbons (Fsp3) is 0.542. The minimum absolute atomic E-state index is 0.0870. The topological polar surface area (TPSA) is 137 Å². The SMILES string of the molecule is Cc1ccc2nc(C(=O)NCC(C)C)nc(N[C@H]3CCCC[C@H]3NN3C(=O)C(C)(O)C3=O)c2c1. The number of carbonyl (C=O) groups is 3. The second-order valence-corrected chi connectivity index (χ2v) is 9.81. The van der Waals surface area contributed by atoms with E-state index in [-0.39, 0.29) is 23.8 Å². The zero-order valence-corrected chi connectivity index (χ0v) is 20.0. The number of amides is 3. The zero-order valence-electron chi connectivity index (χ0n) is 20.0. The summed E-state index contributed by atoms with van der Waals surface area (Å²) in [6.07, 6.45) is 3.44. The molecule has 182 valence electrons. The molecule has 1 aromatic carbocycles. The molecule has 0 unspecified atom stereocenters. The van der Waals surface area contributed by atoms with Crippen molar-refractivity contribution in [2.45, 2.75) is 71.1 Å². The van der Waals surface area contributed by atoms with Crippen LogP contribution in [0.1, 0.15) is 62.6 Å². The van der Waals surface area contributed by atoms with Crippen LogP contribution in [-0.2, 0) is 9.59 Å². The molecule has 4 N–H and O–H groups in total. The number of aliphatic hydroxyl groups is 1. The van der Waals surface area contributed by atoms with Crippen LogP contribution in [0.15, 0.2) is 18.2 Å². The highest BCUT2D eigenvalue weighted by atomic mass is 16.3. The van der Waals surface area contributed by atoms with E-state index >= 15 is 0 Å². The first-order chi connectivity index (χ1) is 16.1. The number of benzene rings is 1. The van der Waals surface area contributed by atoms with Gasteiger partial charge >= 0.3 is 0 Å². The van der Waals surface area contributed by atoms with Gasteiger partial charge in [-0.15, -0.1) is 0 Å². The summed E-state index contributed by atoms with van der Waals surface area (Å²) in [5.74, 6) is -0.731. The number of hydrogen-bond donors (Lipinski definition) is 4. The van der Waals surface area contributed by atoms with Gasteiger partial charge in [-0.3, -0.25) is 14.4 Å². The van der Waals surface area contributed by atoms with E-state index in [4.69, 9.17) is 0 Å². The Bertz CT molecular complexity index is 1110. The van der Waals surface area contributed by atoms with Crippen molar-refractivity contribution in [2.24, 2.45) is 5.92 Å². The Morgan fingerprint density at radius 1 is 1.18 bits per heavy atom. The van der Waals surface area contributed by atoms with E-state index in [2.05, 4.69) is 26.0 Å². The van der Waals surface area contributed by atoms with Crippen LogP contribution in [0, 0.1) is 12.8 Å². The molecule has 2 aromatic rings. The summed E-state index contributed by atoms with van der Waals surface area (Å²) in [7, 11) is 0. The summed E-state index contributed by atoms with van der Waals surface area (Å²) in [5.41, 5.74) is 2.72. The van der Waals surface area contributed by atoms with Crippen molar-refractivity contribution in [3.8, 4) is 0 Å². The van der Waals surface area contributed by atoms with Crippen molar-refractivity contribution in [1.29, 1.82) is 0 Å². The van der Waals surface area contributed by atoms with Crippen LogP contribution in [0.5, 0.6) is 0 Å². The Morgan fingerprint density at radius 2 is 1.85 bits per heavy atom. The lowest BCUT2D eigenvalue weighted by Gasteiger charge is -2.44. The predicted molar refractivity (Wildman–Crippen MR) is 127 cm³/mol. The Labute approximate surface area is 198 Å². The van der Waals surface area contributed by atoms with Crippen LogP contribution in [0.3, 0.4) is 0 Å². The highest BCUT2D eigenvalue weighted by Gasteiger charge is 2.58. The molecule has 10 nitrogen and oxygen atoms in total. The van der Waals surface area contributed by atoms with Crippen molar-refractivity contribution in [3.63, 3.8) is 0 Å². The number of anilines is 1. The van der Waals surface area contributed by atoms with Gasteiger partial charge in [0.05, 0.1) is 5.52 Å². The van der Waals surface area contributed by atoms with Crippen LogP contribution >= 0.6 is 0 Å². The molecule has 1 saturated carbocycles. The van der Waals surface area contributed by atoms with Gasteiger partial charge in [-0.2, -0.15) is 0 Å². The number of nitrogens with one attached hydrogen (secondary N) is 3. The number of aromatic nitrogens is 2. The molecule has 2 atom stereocenters. The van der Waals surface area contributed by atoms with Gasteiger partial charge in [-0.1, -0.05) is 38.3 Å². The van der Waals surface area contributed by atoms with Crippen molar-refractivity contribution < 1.29 is 19.5 Å². The van der Waals surface area contributed by atoms with Gasteiger partial charge in [0.2, 0.25) is 11.4 Å².